The SMILES string of the molecule is O=C(CN(C(=O)c1cccc([N+](=O)[O-])c1)N1C(=O)[C@@H]2CCCC[C@H]2C1=O)c1ccc(Br)cc1. The molecule has 4 rings (SSSR count). The summed E-state index contributed by atoms with van der Waals surface area (Å²) in [5, 5.41) is 12.8. The molecule has 170 valence electrons. The lowest BCUT2D eigenvalue weighted by Crippen LogP contribution is -2.52. The van der Waals surface area contributed by atoms with E-state index in [9.17, 15) is 29.3 Å². The summed E-state index contributed by atoms with van der Waals surface area (Å²) in [5.74, 6) is -3.36. The molecule has 0 spiro atoms. The molecule has 3 amide bonds. The van der Waals surface area contributed by atoms with Gasteiger partial charge >= 0.3 is 0 Å². The number of fused-ring (bicyclic) bond motifs is 1. The number of rotatable bonds is 6. The van der Waals surface area contributed by atoms with Gasteiger partial charge in [0.1, 0.15) is 6.54 Å². The van der Waals surface area contributed by atoms with Crippen molar-refractivity contribution in [2.24, 2.45) is 11.8 Å². The zero-order valence-electron chi connectivity index (χ0n) is 17.5. The summed E-state index contributed by atoms with van der Waals surface area (Å²) in [6.45, 7) is -0.555. The molecule has 0 aromatic heterocycles. The van der Waals surface area contributed by atoms with E-state index >= 15 is 0 Å². The number of halogens is 1. The van der Waals surface area contributed by atoms with Gasteiger partial charge in [-0.15, -0.1) is 0 Å². The van der Waals surface area contributed by atoms with Gasteiger partial charge in [0.05, 0.1) is 16.8 Å². The van der Waals surface area contributed by atoms with E-state index in [-0.39, 0.29) is 11.3 Å². The molecule has 2 aromatic carbocycles. The lowest BCUT2D eigenvalue weighted by Gasteiger charge is -2.30. The van der Waals surface area contributed by atoms with Crippen molar-refractivity contribution in [1.29, 1.82) is 0 Å². The lowest BCUT2D eigenvalue weighted by molar-refractivity contribution is -0.384. The van der Waals surface area contributed by atoms with Crippen LogP contribution in [0.15, 0.2) is 53.0 Å². The number of amides is 3. The fourth-order valence-corrected chi connectivity index (χ4v) is 4.65. The molecule has 10 heteroatoms. The average molecular weight is 514 g/mol. The van der Waals surface area contributed by atoms with E-state index in [1.54, 1.807) is 24.3 Å². The lowest BCUT2D eigenvalue weighted by atomic mass is 9.81. The molecule has 0 unspecified atom stereocenters. The predicted octanol–water partition coefficient (Wildman–Crippen LogP) is 3.77. The minimum absolute atomic E-state index is 0.0942. The third-order valence-corrected chi connectivity index (χ3v) is 6.59. The number of ketones is 1. The number of carbonyl (C=O) groups excluding carboxylic acids is 4. The molecule has 2 aliphatic rings. The number of imide groups is 1. The molecule has 0 bridgehead atoms. The van der Waals surface area contributed by atoms with E-state index in [4.69, 9.17) is 0 Å². The Balaban J connectivity index is 1.71. The smallest absolute Gasteiger partial charge is 0.273 e. The molecule has 33 heavy (non-hydrogen) atoms. The highest BCUT2D eigenvalue weighted by Crippen LogP contribution is 2.39. The maximum atomic E-state index is 13.4. The number of nitro groups is 1. The van der Waals surface area contributed by atoms with Gasteiger partial charge in [0.15, 0.2) is 5.78 Å². The van der Waals surface area contributed by atoms with E-state index in [2.05, 4.69) is 15.9 Å². The molecule has 0 N–H and O–H groups in total. The number of benzene rings is 2. The van der Waals surface area contributed by atoms with Gasteiger partial charge in [0.25, 0.3) is 23.4 Å². The molecule has 1 aliphatic heterocycles. The van der Waals surface area contributed by atoms with Crippen molar-refractivity contribution < 1.29 is 24.1 Å². The second-order valence-electron chi connectivity index (χ2n) is 8.09. The Morgan fingerprint density at radius 3 is 2.18 bits per heavy atom. The van der Waals surface area contributed by atoms with Gasteiger partial charge in [-0.2, -0.15) is 5.01 Å². The first-order chi connectivity index (χ1) is 15.8. The van der Waals surface area contributed by atoms with Crippen molar-refractivity contribution in [3.63, 3.8) is 0 Å². The fourth-order valence-electron chi connectivity index (χ4n) is 4.38. The van der Waals surface area contributed by atoms with Gasteiger partial charge < -0.3 is 0 Å². The summed E-state index contributed by atoms with van der Waals surface area (Å²) < 4.78 is 0.762. The zero-order chi connectivity index (χ0) is 23.7. The fraction of sp³-hybridized carbons (Fsp3) is 0.304. The minimum atomic E-state index is -0.829. The van der Waals surface area contributed by atoms with Gasteiger partial charge in [0, 0.05) is 27.7 Å². The van der Waals surface area contributed by atoms with Crippen LogP contribution in [-0.2, 0) is 9.59 Å². The van der Waals surface area contributed by atoms with Crippen LogP contribution < -0.4 is 0 Å². The normalized spacial score (nSPS) is 19.8. The molecule has 0 radical (unpaired) electrons. The largest absolute Gasteiger partial charge is 0.292 e. The summed E-state index contributed by atoms with van der Waals surface area (Å²) in [7, 11) is 0. The second kappa shape index (κ2) is 9.22. The summed E-state index contributed by atoms with van der Waals surface area (Å²) in [6.07, 6.45) is 2.71. The first-order valence-corrected chi connectivity index (χ1v) is 11.3. The number of hydrogen-bond donors (Lipinski definition) is 0. The van der Waals surface area contributed by atoms with Crippen LogP contribution in [-0.4, -0.2) is 45.0 Å². The zero-order valence-corrected chi connectivity index (χ0v) is 19.1. The maximum Gasteiger partial charge on any atom is 0.273 e. The Bertz CT molecular complexity index is 1130. The van der Waals surface area contributed by atoms with Crippen LogP contribution in [0.1, 0.15) is 46.4 Å². The van der Waals surface area contributed by atoms with Gasteiger partial charge in [0.2, 0.25) is 0 Å². The third-order valence-electron chi connectivity index (χ3n) is 6.06. The number of hydrazine groups is 1. The summed E-state index contributed by atoms with van der Waals surface area (Å²) >= 11 is 3.29. The number of nitrogens with zero attached hydrogens (tertiary/aromatic N) is 3. The maximum absolute atomic E-state index is 13.4. The predicted molar refractivity (Wildman–Crippen MR) is 120 cm³/mol. The van der Waals surface area contributed by atoms with E-state index in [1.165, 1.54) is 18.2 Å². The number of non-ortho nitro benzene ring substituents is 1. The van der Waals surface area contributed by atoms with Gasteiger partial charge in [-0.1, -0.05) is 47.0 Å². The van der Waals surface area contributed by atoms with Crippen molar-refractivity contribution >= 4 is 45.1 Å². The minimum Gasteiger partial charge on any atom is -0.292 e. The highest BCUT2D eigenvalue weighted by Gasteiger charge is 2.51. The first-order valence-electron chi connectivity index (χ1n) is 10.5. The van der Waals surface area contributed by atoms with Crippen LogP contribution in [0.5, 0.6) is 0 Å². The quantitative estimate of drug-likeness (QED) is 0.251. The van der Waals surface area contributed by atoms with Crippen molar-refractivity contribution in [3.05, 3.63) is 74.2 Å². The average Bonchev–Trinajstić information content (AvgIpc) is 3.07. The molecule has 2 aromatic rings. The Morgan fingerprint density at radius 1 is 1.00 bits per heavy atom. The highest BCUT2D eigenvalue weighted by molar-refractivity contribution is 9.10. The summed E-state index contributed by atoms with van der Waals surface area (Å²) in [4.78, 5) is 63.2. The van der Waals surface area contributed by atoms with Crippen molar-refractivity contribution in [2.75, 3.05) is 6.54 Å². The van der Waals surface area contributed by atoms with E-state index in [0.29, 0.717) is 18.4 Å². The van der Waals surface area contributed by atoms with Crippen molar-refractivity contribution in [1.82, 2.24) is 10.0 Å². The van der Waals surface area contributed by atoms with E-state index < -0.39 is 46.8 Å². The van der Waals surface area contributed by atoms with Crippen LogP contribution in [0.3, 0.4) is 0 Å². The van der Waals surface area contributed by atoms with Gasteiger partial charge in [-0.05, 0) is 31.0 Å². The molecule has 1 saturated heterocycles. The molecular formula is C23H20BrN3O6. The number of Topliss-reactive ketones (excluding diaryl/α,β-unsaturated/α-hetero) is 1. The van der Waals surface area contributed by atoms with Crippen LogP contribution >= 0.6 is 15.9 Å². The van der Waals surface area contributed by atoms with Crippen LogP contribution in [0.2, 0.25) is 0 Å². The Labute approximate surface area is 197 Å². The van der Waals surface area contributed by atoms with Crippen LogP contribution in [0.25, 0.3) is 0 Å². The second-order valence-corrected chi connectivity index (χ2v) is 9.00. The van der Waals surface area contributed by atoms with Crippen molar-refractivity contribution in [3.8, 4) is 0 Å². The number of carbonyl (C=O) groups is 4. The monoisotopic (exact) mass is 513 g/mol. The molecule has 2 atom stereocenters. The molecule has 1 aliphatic carbocycles. The first kappa shape index (κ1) is 22.8. The Hall–Kier alpha value is -3.40. The van der Waals surface area contributed by atoms with Gasteiger partial charge in [-0.3, -0.25) is 29.3 Å². The molecule has 2 fully saturated rings. The molecule has 1 heterocycles. The molecule has 1 saturated carbocycles. The standard InChI is InChI=1S/C23H20BrN3O6/c24-16-10-8-14(9-11-16)20(28)13-25(21(29)15-4-3-5-17(12-15)27(32)33)26-22(30)18-6-1-2-7-19(18)23(26)31/h3-5,8-12,18-19H,1-2,6-7,13H2/t18-,19-/m1/s1. The van der Waals surface area contributed by atoms with Crippen LogP contribution in [0.4, 0.5) is 5.69 Å². The molecule has 9 nitrogen and oxygen atoms in total. The van der Waals surface area contributed by atoms with Crippen LogP contribution in [0, 0.1) is 22.0 Å². The Morgan fingerprint density at radius 2 is 1.61 bits per heavy atom. The number of hydrogen-bond acceptors (Lipinski definition) is 6. The Kier molecular flexibility index (Phi) is 6.37. The number of nitro benzene ring substituents is 1. The van der Waals surface area contributed by atoms with Crippen molar-refractivity contribution in [2.45, 2.75) is 25.7 Å². The van der Waals surface area contributed by atoms with Gasteiger partial charge in [-0.25, -0.2) is 5.01 Å². The molecular weight excluding hydrogens is 494 g/mol. The highest BCUT2D eigenvalue weighted by atomic mass is 79.9. The van der Waals surface area contributed by atoms with E-state index in [0.717, 1.165) is 33.4 Å². The summed E-state index contributed by atoms with van der Waals surface area (Å²) in [5.41, 5.74) is -0.109. The topological polar surface area (TPSA) is 118 Å². The van der Waals surface area contributed by atoms with E-state index in [1.807, 2.05) is 0 Å². The third kappa shape index (κ3) is 4.43. The summed E-state index contributed by atoms with van der Waals surface area (Å²) in [6, 6.07) is 11.5.